The number of nitrogens with zero attached hydrogens (tertiary/aromatic N) is 1. The molecular formula is C16H34N2. The summed E-state index contributed by atoms with van der Waals surface area (Å²) in [6.07, 6.45) is 7.04. The van der Waals surface area contributed by atoms with Crippen molar-refractivity contribution >= 4 is 0 Å². The average Bonchev–Trinajstić information content (AvgIpc) is 2.34. The van der Waals surface area contributed by atoms with Crippen molar-refractivity contribution < 1.29 is 0 Å². The van der Waals surface area contributed by atoms with E-state index in [1.807, 2.05) is 0 Å². The molecule has 1 saturated carbocycles. The smallest absolute Gasteiger partial charge is 0.0112 e. The van der Waals surface area contributed by atoms with E-state index >= 15 is 0 Å². The molecule has 0 heterocycles. The Morgan fingerprint density at radius 2 is 1.78 bits per heavy atom. The van der Waals surface area contributed by atoms with Gasteiger partial charge in [-0.1, -0.05) is 26.2 Å². The second kappa shape index (κ2) is 8.16. The summed E-state index contributed by atoms with van der Waals surface area (Å²) in [6.45, 7) is 13.9. The fourth-order valence-electron chi connectivity index (χ4n) is 3.36. The van der Waals surface area contributed by atoms with Crippen molar-refractivity contribution in [3.63, 3.8) is 0 Å². The fraction of sp³-hybridized carbons (Fsp3) is 1.00. The Bertz CT molecular complexity index is 205. The molecule has 0 aromatic rings. The third-order valence-electron chi connectivity index (χ3n) is 4.49. The highest BCUT2D eigenvalue weighted by atomic mass is 15.2. The van der Waals surface area contributed by atoms with Gasteiger partial charge in [0.05, 0.1) is 0 Å². The maximum atomic E-state index is 3.78. The first-order chi connectivity index (χ1) is 8.54. The van der Waals surface area contributed by atoms with Crippen LogP contribution >= 0.6 is 0 Å². The highest BCUT2D eigenvalue weighted by Crippen LogP contribution is 2.26. The molecule has 0 radical (unpaired) electrons. The van der Waals surface area contributed by atoms with Gasteiger partial charge in [0.1, 0.15) is 0 Å². The van der Waals surface area contributed by atoms with E-state index in [4.69, 9.17) is 0 Å². The monoisotopic (exact) mass is 254 g/mol. The number of hydrogen-bond donors (Lipinski definition) is 1. The molecule has 1 fully saturated rings. The zero-order chi connectivity index (χ0) is 13.5. The molecule has 0 saturated heterocycles. The van der Waals surface area contributed by atoms with Crippen LogP contribution in [0.3, 0.4) is 0 Å². The first-order valence-electron chi connectivity index (χ1n) is 8.03. The topological polar surface area (TPSA) is 15.3 Å². The molecule has 0 aliphatic heterocycles. The van der Waals surface area contributed by atoms with Crippen LogP contribution in [0.1, 0.15) is 66.7 Å². The molecule has 1 aliphatic rings. The molecule has 0 bridgehead atoms. The minimum absolute atomic E-state index is 0.654. The van der Waals surface area contributed by atoms with Crippen LogP contribution < -0.4 is 5.32 Å². The van der Waals surface area contributed by atoms with E-state index in [-0.39, 0.29) is 0 Å². The van der Waals surface area contributed by atoms with Gasteiger partial charge in [0.25, 0.3) is 0 Å². The summed E-state index contributed by atoms with van der Waals surface area (Å²) in [5.74, 6) is 0.975. The molecule has 2 heteroatoms. The van der Waals surface area contributed by atoms with E-state index < -0.39 is 0 Å². The Balaban J connectivity index is 2.23. The summed E-state index contributed by atoms with van der Waals surface area (Å²) in [4.78, 5) is 2.58. The van der Waals surface area contributed by atoms with Crippen LogP contribution in [-0.2, 0) is 0 Å². The molecule has 0 amide bonds. The predicted octanol–water partition coefficient (Wildman–Crippen LogP) is 3.66. The predicted molar refractivity (Wildman–Crippen MR) is 81.0 cm³/mol. The zero-order valence-corrected chi connectivity index (χ0v) is 13.2. The lowest BCUT2D eigenvalue weighted by Crippen LogP contribution is -2.44. The van der Waals surface area contributed by atoms with Gasteiger partial charge >= 0.3 is 0 Å². The molecule has 0 aromatic heterocycles. The van der Waals surface area contributed by atoms with Crippen LogP contribution in [-0.4, -0.2) is 36.1 Å². The summed E-state index contributed by atoms with van der Waals surface area (Å²) in [6, 6.07) is 2.09. The highest BCUT2D eigenvalue weighted by molar-refractivity contribution is 4.78. The number of rotatable bonds is 7. The Kier molecular flexibility index (Phi) is 7.25. The first kappa shape index (κ1) is 16.0. The Hall–Kier alpha value is -0.0800. The van der Waals surface area contributed by atoms with Crippen molar-refractivity contribution in [1.29, 1.82) is 0 Å². The van der Waals surface area contributed by atoms with Crippen molar-refractivity contribution in [3.8, 4) is 0 Å². The fourth-order valence-corrected chi connectivity index (χ4v) is 3.36. The molecule has 0 aromatic carbocycles. The average molecular weight is 254 g/mol. The summed E-state index contributed by atoms with van der Waals surface area (Å²) < 4.78 is 0. The lowest BCUT2D eigenvalue weighted by Gasteiger charge is -2.33. The van der Waals surface area contributed by atoms with Crippen LogP contribution in [0.5, 0.6) is 0 Å². The zero-order valence-electron chi connectivity index (χ0n) is 13.2. The maximum absolute atomic E-state index is 3.78. The molecule has 2 nitrogen and oxygen atoms in total. The summed E-state index contributed by atoms with van der Waals surface area (Å²) in [5, 5.41) is 3.78. The molecule has 1 aliphatic carbocycles. The molecule has 1 rings (SSSR count). The Morgan fingerprint density at radius 1 is 1.11 bits per heavy atom. The quantitative estimate of drug-likeness (QED) is 0.746. The van der Waals surface area contributed by atoms with Gasteiger partial charge in [-0.05, 0) is 46.5 Å². The second-order valence-corrected chi connectivity index (χ2v) is 6.52. The molecule has 2 unspecified atom stereocenters. The summed E-state index contributed by atoms with van der Waals surface area (Å²) >= 11 is 0. The lowest BCUT2D eigenvalue weighted by atomic mass is 9.84. The summed E-state index contributed by atoms with van der Waals surface area (Å²) in [5.41, 5.74) is 0. The van der Waals surface area contributed by atoms with Gasteiger partial charge < -0.3 is 5.32 Å². The van der Waals surface area contributed by atoms with E-state index in [2.05, 4.69) is 44.8 Å². The van der Waals surface area contributed by atoms with Crippen molar-refractivity contribution in [2.24, 2.45) is 5.92 Å². The molecular weight excluding hydrogens is 220 g/mol. The van der Waals surface area contributed by atoms with E-state index in [1.54, 1.807) is 0 Å². The van der Waals surface area contributed by atoms with Gasteiger partial charge in [0, 0.05) is 31.2 Å². The minimum Gasteiger partial charge on any atom is -0.313 e. The van der Waals surface area contributed by atoms with Crippen LogP contribution in [0.4, 0.5) is 0 Å². The first-order valence-corrected chi connectivity index (χ1v) is 8.03. The van der Waals surface area contributed by atoms with Gasteiger partial charge in [-0.25, -0.2) is 0 Å². The largest absolute Gasteiger partial charge is 0.313 e. The van der Waals surface area contributed by atoms with Gasteiger partial charge in [-0.2, -0.15) is 0 Å². The molecule has 0 spiro atoms. The van der Waals surface area contributed by atoms with Crippen molar-refractivity contribution in [2.45, 2.75) is 84.8 Å². The van der Waals surface area contributed by atoms with Crippen LogP contribution in [0.25, 0.3) is 0 Å². The van der Waals surface area contributed by atoms with Gasteiger partial charge in [-0.3, -0.25) is 4.90 Å². The van der Waals surface area contributed by atoms with E-state index in [0.29, 0.717) is 12.1 Å². The number of hydrogen-bond acceptors (Lipinski definition) is 2. The highest BCUT2D eigenvalue weighted by Gasteiger charge is 2.20. The SMILES string of the molecule is CCC1CCCC(NCCN(C(C)C)C(C)C)C1. The number of nitrogens with one attached hydrogen (secondary N) is 1. The maximum Gasteiger partial charge on any atom is 0.0112 e. The minimum atomic E-state index is 0.654. The molecule has 2 atom stereocenters. The van der Waals surface area contributed by atoms with Crippen molar-refractivity contribution in [3.05, 3.63) is 0 Å². The Morgan fingerprint density at radius 3 is 2.33 bits per heavy atom. The Labute approximate surface area is 115 Å². The lowest BCUT2D eigenvalue weighted by molar-refractivity contribution is 0.169. The molecule has 108 valence electrons. The van der Waals surface area contributed by atoms with E-state index in [9.17, 15) is 0 Å². The van der Waals surface area contributed by atoms with Gasteiger partial charge in [0.2, 0.25) is 0 Å². The normalized spacial score (nSPS) is 25.3. The van der Waals surface area contributed by atoms with Gasteiger partial charge in [-0.15, -0.1) is 0 Å². The molecule has 18 heavy (non-hydrogen) atoms. The van der Waals surface area contributed by atoms with Crippen molar-refractivity contribution in [2.75, 3.05) is 13.1 Å². The van der Waals surface area contributed by atoms with Gasteiger partial charge in [0.15, 0.2) is 0 Å². The third kappa shape index (κ3) is 5.27. The van der Waals surface area contributed by atoms with Crippen LogP contribution in [0, 0.1) is 5.92 Å². The third-order valence-corrected chi connectivity index (χ3v) is 4.49. The summed E-state index contributed by atoms with van der Waals surface area (Å²) in [7, 11) is 0. The van der Waals surface area contributed by atoms with Crippen LogP contribution in [0.2, 0.25) is 0 Å². The van der Waals surface area contributed by atoms with Crippen LogP contribution in [0.15, 0.2) is 0 Å². The van der Waals surface area contributed by atoms with Crippen molar-refractivity contribution in [1.82, 2.24) is 10.2 Å². The van der Waals surface area contributed by atoms with E-state index in [0.717, 1.165) is 18.5 Å². The second-order valence-electron chi connectivity index (χ2n) is 6.52. The molecule has 1 N–H and O–H groups in total. The van der Waals surface area contributed by atoms with E-state index in [1.165, 1.54) is 38.6 Å². The standard InChI is InChI=1S/C16H34N2/c1-6-15-8-7-9-16(12-15)17-10-11-18(13(2)3)14(4)5/h13-17H,6-12H2,1-5H3.